The monoisotopic (exact) mass is 270 g/mol. The summed E-state index contributed by atoms with van der Waals surface area (Å²) in [4.78, 5) is 11.5. The van der Waals surface area contributed by atoms with Gasteiger partial charge in [-0.05, 0) is 12.1 Å². The summed E-state index contributed by atoms with van der Waals surface area (Å²) in [7, 11) is 0. The minimum atomic E-state index is -0.0328. The molecule has 0 saturated heterocycles. The quantitative estimate of drug-likeness (QED) is 0.887. The maximum atomic E-state index is 11.5. The standard InChI is InChI=1S/C11H15BrN2O/c1-7(2)11(15)14-10-5-3-4-9(12)8(10)6-13/h3-5,7H,6,13H2,1-2H3,(H,14,15). The number of nitrogens with two attached hydrogens (primary N) is 1. The molecule has 82 valence electrons. The highest BCUT2D eigenvalue weighted by Crippen LogP contribution is 2.24. The fourth-order valence-corrected chi connectivity index (χ4v) is 1.69. The predicted molar refractivity (Wildman–Crippen MR) is 65.5 cm³/mol. The van der Waals surface area contributed by atoms with Crippen LogP contribution in [0.15, 0.2) is 22.7 Å². The van der Waals surface area contributed by atoms with E-state index in [1.807, 2.05) is 32.0 Å². The number of halogens is 1. The second-order valence-electron chi connectivity index (χ2n) is 3.61. The van der Waals surface area contributed by atoms with Gasteiger partial charge in [0, 0.05) is 28.2 Å². The van der Waals surface area contributed by atoms with Gasteiger partial charge in [0.15, 0.2) is 0 Å². The van der Waals surface area contributed by atoms with Crippen LogP contribution in [0.3, 0.4) is 0 Å². The summed E-state index contributed by atoms with van der Waals surface area (Å²) < 4.78 is 0.923. The van der Waals surface area contributed by atoms with Gasteiger partial charge in [-0.2, -0.15) is 0 Å². The number of rotatable bonds is 3. The lowest BCUT2D eigenvalue weighted by Crippen LogP contribution is -2.19. The van der Waals surface area contributed by atoms with Gasteiger partial charge in [-0.1, -0.05) is 35.8 Å². The Morgan fingerprint density at radius 2 is 2.20 bits per heavy atom. The molecule has 1 rings (SSSR count). The largest absolute Gasteiger partial charge is 0.326 e. The zero-order valence-electron chi connectivity index (χ0n) is 8.88. The zero-order valence-corrected chi connectivity index (χ0v) is 10.5. The van der Waals surface area contributed by atoms with E-state index in [0.717, 1.165) is 15.7 Å². The average Bonchev–Trinajstić information content (AvgIpc) is 2.18. The molecule has 0 unspecified atom stereocenters. The molecule has 0 spiro atoms. The number of anilines is 1. The first-order chi connectivity index (χ1) is 7.06. The number of benzene rings is 1. The van der Waals surface area contributed by atoms with E-state index in [4.69, 9.17) is 5.73 Å². The van der Waals surface area contributed by atoms with Crippen LogP contribution in [0.1, 0.15) is 19.4 Å². The molecule has 0 bridgehead atoms. The van der Waals surface area contributed by atoms with Crippen molar-refractivity contribution in [1.82, 2.24) is 0 Å². The first-order valence-electron chi connectivity index (χ1n) is 4.84. The van der Waals surface area contributed by atoms with Gasteiger partial charge >= 0.3 is 0 Å². The van der Waals surface area contributed by atoms with Crippen LogP contribution in [0.25, 0.3) is 0 Å². The highest BCUT2D eigenvalue weighted by molar-refractivity contribution is 9.10. The van der Waals surface area contributed by atoms with Crippen molar-refractivity contribution in [2.24, 2.45) is 11.7 Å². The van der Waals surface area contributed by atoms with Gasteiger partial charge < -0.3 is 11.1 Å². The van der Waals surface area contributed by atoms with Crippen LogP contribution in [-0.2, 0) is 11.3 Å². The summed E-state index contributed by atoms with van der Waals surface area (Å²) in [6.45, 7) is 4.11. The van der Waals surface area contributed by atoms with Crippen LogP contribution in [0.5, 0.6) is 0 Å². The fraction of sp³-hybridized carbons (Fsp3) is 0.364. The summed E-state index contributed by atoms with van der Waals surface area (Å²) >= 11 is 3.40. The molecular formula is C11H15BrN2O. The molecule has 15 heavy (non-hydrogen) atoms. The minimum absolute atomic E-state index is 0.00259. The van der Waals surface area contributed by atoms with Crippen LogP contribution in [-0.4, -0.2) is 5.91 Å². The van der Waals surface area contributed by atoms with Crippen LogP contribution in [0.2, 0.25) is 0 Å². The van der Waals surface area contributed by atoms with Gasteiger partial charge in [0.1, 0.15) is 0 Å². The molecule has 0 heterocycles. The second-order valence-corrected chi connectivity index (χ2v) is 4.47. The molecule has 0 aromatic heterocycles. The van der Waals surface area contributed by atoms with Crippen LogP contribution >= 0.6 is 15.9 Å². The summed E-state index contributed by atoms with van der Waals surface area (Å²) in [6, 6.07) is 5.64. The lowest BCUT2D eigenvalue weighted by atomic mass is 10.1. The maximum Gasteiger partial charge on any atom is 0.226 e. The van der Waals surface area contributed by atoms with Crippen molar-refractivity contribution < 1.29 is 4.79 Å². The number of carbonyl (C=O) groups excluding carboxylic acids is 1. The van der Waals surface area contributed by atoms with E-state index >= 15 is 0 Å². The average molecular weight is 271 g/mol. The molecule has 0 aliphatic rings. The molecule has 0 aliphatic carbocycles. The van der Waals surface area contributed by atoms with Crippen molar-refractivity contribution in [2.75, 3.05) is 5.32 Å². The van der Waals surface area contributed by atoms with Crippen molar-refractivity contribution in [2.45, 2.75) is 20.4 Å². The van der Waals surface area contributed by atoms with Gasteiger partial charge in [-0.3, -0.25) is 4.79 Å². The van der Waals surface area contributed by atoms with Crippen molar-refractivity contribution >= 4 is 27.5 Å². The van der Waals surface area contributed by atoms with E-state index in [1.54, 1.807) is 0 Å². The Balaban J connectivity index is 2.94. The van der Waals surface area contributed by atoms with E-state index in [0.29, 0.717) is 6.54 Å². The lowest BCUT2D eigenvalue weighted by Gasteiger charge is -2.12. The Labute approximate surface area is 98.2 Å². The van der Waals surface area contributed by atoms with Crippen LogP contribution in [0.4, 0.5) is 5.69 Å². The third-order valence-corrected chi connectivity index (χ3v) is 2.85. The normalized spacial score (nSPS) is 10.5. The second kappa shape index (κ2) is 5.28. The summed E-state index contributed by atoms with van der Waals surface area (Å²) in [5.74, 6) is -0.0302. The molecule has 3 N–H and O–H groups in total. The van der Waals surface area contributed by atoms with Crippen LogP contribution < -0.4 is 11.1 Å². The summed E-state index contributed by atoms with van der Waals surface area (Å²) in [5, 5.41) is 2.85. The third kappa shape index (κ3) is 3.04. The van der Waals surface area contributed by atoms with Gasteiger partial charge in [0.25, 0.3) is 0 Å². The Bertz CT molecular complexity index is 364. The number of nitrogens with one attached hydrogen (secondary N) is 1. The number of hydrogen-bond acceptors (Lipinski definition) is 2. The molecule has 1 amide bonds. The first kappa shape index (κ1) is 12.2. The molecular weight excluding hydrogens is 256 g/mol. The number of carbonyl (C=O) groups is 1. The van der Waals surface area contributed by atoms with E-state index < -0.39 is 0 Å². The Morgan fingerprint density at radius 1 is 1.53 bits per heavy atom. The molecule has 1 aromatic rings. The lowest BCUT2D eigenvalue weighted by molar-refractivity contribution is -0.118. The molecule has 4 heteroatoms. The van der Waals surface area contributed by atoms with Crippen molar-refractivity contribution in [1.29, 1.82) is 0 Å². The molecule has 0 atom stereocenters. The van der Waals surface area contributed by atoms with Crippen molar-refractivity contribution in [3.05, 3.63) is 28.2 Å². The highest BCUT2D eigenvalue weighted by Gasteiger charge is 2.10. The Kier molecular flexibility index (Phi) is 4.29. The topological polar surface area (TPSA) is 55.1 Å². The maximum absolute atomic E-state index is 11.5. The summed E-state index contributed by atoms with van der Waals surface area (Å²) in [5.41, 5.74) is 7.33. The van der Waals surface area contributed by atoms with E-state index in [2.05, 4.69) is 21.2 Å². The fourth-order valence-electron chi connectivity index (χ4n) is 1.16. The zero-order chi connectivity index (χ0) is 11.4. The first-order valence-corrected chi connectivity index (χ1v) is 5.64. The van der Waals surface area contributed by atoms with E-state index in [1.165, 1.54) is 0 Å². The van der Waals surface area contributed by atoms with E-state index in [9.17, 15) is 4.79 Å². The Morgan fingerprint density at radius 3 is 2.73 bits per heavy atom. The van der Waals surface area contributed by atoms with Gasteiger partial charge in [-0.15, -0.1) is 0 Å². The number of amides is 1. The summed E-state index contributed by atoms with van der Waals surface area (Å²) in [6.07, 6.45) is 0. The minimum Gasteiger partial charge on any atom is -0.326 e. The third-order valence-electron chi connectivity index (χ3n) is 2.11. The SMILES string of the molecule is CC(C)C(=O)Nc1cccc(Br)c1CN. The molecule has 1 aromatic carbocycles. The van der Waals surface area contributed by atoms with Gasteiger partial charge in [0.05, 0.1) is 0 Å². The smallest absolute Gasteiger partial charge is 0.226 e. The Hall–Kier alpha value is -0.870. The molecule has 0 radical (unpaired) electrons. The molecule has 0 fully saturated rings. The van der Waals surface area contributed by atoms with Gasteiger partial charge in [0.2, 0.25) is 5.91 Å². The van der Waals surface area contributed by atoms with Crippen LogP contribution in [0, 0.1) is 5.92 Å². The van der Waals surface area contributed by atoms with Gasteiger partial charge in [-0.25, -0.2) is 0 Å². The molecule has 3 nitrogen and oxygen atoms in total. The van der Waals surface area contributed by atoms with Crippen molar-refractivity contribution in [3.8, 4) is 0 Å². The molecule has 0 aliphatic heterocycles. The predicted octanol–water partition coefficient (Wildman–Crippen LogP) is 2.50. The highest BCUT2D eigenvalue weighted by atomic mass is 79.9. The van der Waals surface area contributed by atoms with Crippen molar-refractivity contribution in [3.63, 3.8) is 0 Å². The molecule has 0 saturated carbocycles. The number of hydrogen-bond donors (Lipinski definition) is 2. The van der Waals surface area contributed by atoms with E-state index in [-0.39, 0.29) is 11.8 Å².